The van der Waals surface area contributed by atoms with E-state index in [4.69, 9.17) is 5.73 Å². The van der Waals surface area contributed by atoms with E-state index in [1.54, 1.807) is 6.92 Å². The van der Waals surface area contributed by atoms with E-state index in [-0.39, 0.29) is 11.1 Å². The first kappa shape index (κ1) is 11.8. The standard InChI is InChI=1S/C9H11F3N2O/c1-2-14-5-6(3-4-7(14)15)8(13)9(10,11)12/h3-5,8H,2,13H2,1H3. The summed E-state index contributed by atoms with van der Waals surface area (Å²) in [6.45, 7) is 1.99. The van der Waals surface area contributed by atoms with Gasteiger partial charge >= 0.3 is 6.18 Å². The molecule has 1 rings (SSSR count). The topological polar surface area (TPSA) is 48.0 Å². The van der Waals surface area contributed by atoms with Crippen LogP contribution in [0.1, 0.15) is 18.5 Å². The van der Waals surface area contributed by atoms with E-state index >= 15 is 0 Å². The fourth-order valence-corrected chi connectivity index (χ4v) is 1.17. The van der Waals surface area contributed by atoms with Gasteiger partial charge in [0.05, 0.1) is 0 Å². The molecule has 0 aromatic carbocycles. The quantitative estimate of drug-likeness (QED) is 0.819. The smallest absolute Gasteiger partial charge is 0.316 e. The van der Waals surface area contributed by atoms with Gasteiger partial charge in [0.25, 0.3) is 5.56 Å². The summed E-state index contributed by atoms with van der Waals surface area (Å²) in [4.78, 5) is 11.1. The Bertz CT molecular complexity index is 397. The Balaban J connectivity index is 3.12. The SMILES string of the molecule is CCn1cc(C(N)C(F)(F)F)ccc1=O. The highest BCUT2D eigenvalue weighted by Crippen LogP contribution is 2.29. The number of hydrogen-bond acceptors (Lipinski definition) is 2. The van der Waals surface area contributed by atoms with Crippen molar-refractivity contribution in [3.05, 3.63) is 34.2 Å². The van der Waals surface area contributed by atoms with Gasteiger partial charge in [-0.3, -0.25) is 4.79 Å². The molecule has 0 saturated carbocycles. The molecular weight excluding hydrogens is 209 g/mol. The molecule has 0 aliphatic heterocycles. The van der Waals surface area contributed by atoms with Gasteiger partial charge in [0, 0.05) is 18.8 Å². The van der Waals surface area contributed by atoms with Crippen LogP contribution in [0.25, 0.3) is 0 Å². The van der Waals surface area contributed by atoms with Gasteiger partial charge in [-0.05, 0) is 12.5 Å². The lowest BCUT2D eigenvalue weighted by molar-refractivity contribution is -0.149. The first-order valence-electron chi connectivity index (χ1n) is 4.39. The fourth-order valence-electron chi connectivity index (χ4n) is 1.17. The maximum absolute atomic E-state index is 12.3. The van der Waals surface area contributed by atoms with Crippen LogP contribution in [0.3, 0.4) is 0 Å². The highest BCUT2D eigenvalue weighted by molar-refractivity contribution is 5.16. The molecule has 2 N–H and O–H groups in total. The van der Waals surface area contributed by atoms with Gasteiger partial charge in [-0.25, -0.2) is 0 Å². The van der Waals surface area contributed by atoms with E-state index in [0.717, 1.165) is 18.3 Å². The predicted octanol–water partition coefficient (Wildman–Crippen LogP) is 1.43. The van der Waals surface area contributed by atoms with Crippen molar-refractivity contribution < 1.29 is 13.2 Å². The van der Waals surface area contributed by atoms with Crippen LogP contribution in [0.5, 0.6) is 0 Å². The molecule has 0 bridgehead atoms. The Labute approximate surface area is 84.3 Å². The van der Waals surface area contributed by atoms with Crippen molar-refractivity contribution in [3.8, 4) is 0 Å². The molecule has 15 heavy (non-hydrogen) atoms. The minimum atomic E-state index is -4.49. The lowest BCUT2D eigenvalue weighted by atomic mass is 10.1. The van der Waals surface area contributed by atoms with Gasteiger partial charge < -0.3 is 10.3 Å². The van der Waals surface area contributed by atoms with Gasteiger partial charge in [0.15, 0.2) is 0 Å². The van der Waals surface area contributed by atoms with Crippen LogP contribution >= 0.6 is 0 Å². The Morgan fingerprint density at radius 1 is 1.47 bits per heavy atom. The monoisotopic (exact) mass is 220 g/mol. The summed E-state index contributed by atoms with van der Waals surface area (Å²) in [7, 11) is 0. The van der Waals surface area contributed by atoms with Crippen molar-refractivity contribution >= 4 is 0 Å². The summed E-state index contributed by atoms with van der Waals surface area (Å²) in [5.41, 5.74) is 4.56. The molecule has 0 spiro atoms. The summed E-state index contributed by atoms with van der Waals surface area (Å²) < 4.78 is 38.0. The molecular formula is C9H11F3N2O. The Morgan fingerprint density at radius 2 is 2.07 bits per heavy atom. The number of halogens is 3. The van der Waals surface area contributed by atoms with Gasteiger partial charge in [-0.1, -0.05) is 6.07 Å². The largest absolute Gasteiger partial charge is 0.407 e. The first-order valence-corrected chi connectivity index (χ1v) is 4.39. The van der Waals surface area contributed by atoms with E-state index in [1.807, 2.05) is 0 Å². The van der Waals surface area contributed by atoms with E-state index in [2.05, 4.69) is 0 Å². The Morgan fingerprint density at radius 3 is 2.53 bits per heavy atom. The van der Waals surface area contributed by atoms with Gasteiger partial charge in [-0.15, -0.1) is 0 Å². The normalized spacial score (nSPS) is 13.9. The third-order valence-corrected chi connectivity index (χ3v) is 2.06. The van der Waals surface area contributed by atoms with Crippen LogP contribution in [-0.4, -0.2) is 10.7 Å². The fraction of sp³-hybridized carbons (Fsp3) is 0.444. The number of nitrogens with zero attached hydrogens (tertiary/aromatic N) is 1. The summed E-state index contributed by atoms with van der Waals surface area (Å²) in [6, 6.07) is 0.146. The average Bonchev–Trinajstić information content (AvgIpc) is 2.16. The van der Waals surface area contributed by atoms with E-state index < -0.39 is 12.2 Å². The molecule has 1 unspecified atom stereocenters. The molecule has 84 valence electrons. The summed E-state index contributed by atoms with van der Waals surface area (Å²) in [6.07, 6.45) is -3.35. The molecule has 0 aliphatic carbocycles. The third-order valence-electron chi connectivity index (χ3n) is 2.06. The number of hydrogen-bond donors (Lipinski definition) is 1. The molecule has 1 aromatic heterocycles. The van der Waals surface area contributed by atoms with Crippen molar-refractivity contribution in [2.24, 2.45) is 5.73 Å². The molecule has 0 aliphatic rings. The highest BCUT2D eigenvalue weighted by atomic mass is 19.4. The molecule has 0 radical (unpaired) electrons. The molecule has 3 nitrogen and oxygen atoms in total. The zero-order valence-corrected chi connectivity index (χ0v) is 8.08. The number of aromatic nitrogens is 1. The van der Waals surface area contributed by atoms with Crippen molar-refractivity contribution in [3.63, 3.8) is 0 Å². The van der Waals surface area contributed by atoms with Crippen LogP contribution < -0.4 is 11.3 Å². The number of nitrogens with two attached hydrogens (primary N) is 1. The van der Waals surface area contributed by atoms with Crippen molar-refractivity contribution in [1.82, 2.24) is 4.57 Å². The highest BCUT2D eigenvalue weighted by Gasteiger charge is 2.37. The number of rotatable bonds is 2. The molecule has 0 fully saturated rings. The van der Waals surface area contributed by atoms with Crippen LogP contribution in [0.15, 0.2) is 23.1 Å². The van der Waals surface area contributed by atoms with Gasteiger partial charge in [0.1, 0.15) is 6.04 Å². The summed E-state index contributed by atoms with van der Waals surface area (Å²) >= 11 is 0. The Hall–Kier alpha value is -1.30. The van der Waals surface area contributed by atoms with Crippen LogP contribution in [0, 0.1) is 0 Å². The molecule has 1 heterocycles. The van der Waals surface area contributed by atoms with Crippen molar-refractivity contribution in [2.75, 3.05) is 0 Å². The predicted molar refractivity (Wildman–Crippen MR) is 49.4 cm³/mol. The molecule has 1 aromatic rings. The van der Waals surface area contributed by atoms with Crippen molar-refractivity contribution in [2.45, 2.75) is 25.7 Å². The zero-order chi connectivity index (χ0) is 11.6. The minimum absolute atomic E-state index is 0.107. The van der Waals surface area contributed by atoms with Crippen molar-refractivity contribution in [1.29, 1.82) is 0 Å². The second-order valence-corrected chi connectivity index (χ2v) is 3.11. The molecule has 0 saturated heterocycles. The molecule has 0 amide bonds. The van der Waals surface area contributed by atoms with Gasteiger partial charge in [-0.2, -0.15) is 13.2 Å². The minimum Gasteiger partial charge on any atom is -0.316 e. The van der Waals surface area contributed by atoms with Crippen LogP contribution in [0.4, 0.5) is 13.2 Å². The average molecular weight is 220 g/mol. The lowest BCUT2D eigenvalue weighted by Crippen LogP contribution is -2.30. The second kappa shape index (κ2) is 4.06. The van der Waals surface area contributed by atoms with Crippen LogP contribution in [0.2, 0.25) is 0 Å². The number of aryl methyl sites for hydroxylation is 1. The maximum atomic E-state index is 12.3. The molecule has 1 atom stereocenters. The number of pyridine rings is 1. The van der Waals surface area contributed by atoms with Crippen LogP contribution in [-0.2, 0) is 6.54 Å². The van der Waals surface area contributed by atoms with E-state index in [1.165, 1.54) is 4.57 Å². The van der Waals surface area contributed by atoms with Gasteiger partial charge in [0.2, 0.25) is 0 Å². The lowest BCUT2D eigenvalue weighted by Gasteiger charge is -2.16. The maximum Gasteiger partial charge on any atom is 0.407 e. The zero-order valence-electron chi connectivity index (χ0n) is 8.08. The third kappa shape index (κ3) is 2.59. The summed E-state index contributed by atoms with van der Waals surface area (Å²) in [5, 5.41) is 0. The Kier molecular flexibility index (Phi) is 3.18. The second-order valence-electron chi connectivity index (χ2n) is 3.11. The number of alkyl halides is 3. The molecule has 6 heteroatoms. The summed E-state index contributed by atoms with van der Waals surface area (Å²) in [5.74, 6) is 0. The van der Waals surface area contributed by atoms with E-state index in [0.29, 0.717) is 6.54 Å². The van der Waals surface area contributed by atoms with E-state index in [9.17, 15) is 18.0 Å². The first-order chi connectivity index (χ1) is 6.86.